The van der Waals surface area contributed by atoms with Crippen LogP contribution in [0, 0.1) is 0 Å². The summed E-state index contributed by atoms with van der Waals surface area (Å²) in [5.74, 6) is 0.165. The number of anilines is 1. The molecule has 0 spiro atoms. The lowest BCUT2D eigenvalue weighted by atomic mass is 10.0. The molecule has 30 heavy (non-hydrogen) atoms. The minimum atomic E-state index is -0.663. The van der Waals surface area contributed by atoms with Gasteiger partial charge in [0.25, 0.3) is 0 Å². The van der Waals surface area contributed by atoms with Crippen molar-refractivity contribution in [2.24, 2.45) is 0 Å². The molecule has 0 saturated carbocycles. The van der Waals surface area contributed by atoms with Gasteiger partial charge in [0.2, 0.25) is 6.79 Å². The average Bonchev–Trinajstić information content (AvgIpc) is 3.23. The number of para-hydroxylation sites is 1. The lowest BCUT2D eigenvalue weighted by Crippen LogP contribution is -3.27. The molecule has 0 aromatic heterocycles. The van der Waals surface area contributed by atoms with Gasteiger partial charge in [-0.3, -0.25) is 9.59 Å². The van der Waals surface area contributed by atoms with Crippen LogP contribution >= 0.6 is 0 Å². The van der Waals surface area contributed by atoms with E-state index in [2.05, 4.69) is 17.7 Å². The first kappa shape index (κ1) is 20.2. The molecule has 1 fully saturated rings. The van der Waals surface area contributed by atoms with E-state index in [9.17, 15) is 9.59 Å². The van der Waals surface area contributed by atoms with Gasteiger partial charge in [0.15, 0.2) is 11.5 Å². The molecule has 2 aliphatic rings. The van der Waals surface area contributed by atoms with Crippen molar-refractivity contribution in [1.82, 2.24) is 5.32 Å². The van der Waals surface area contributed by atoms with Crippen molar-refractivity contribution in [1.29, 1.82) is 0 Å². The number of benzene rings is 2. The van der Waals surface area contributed by atoms with E-state index in [1.54, 1.807) is 12.1 Å². The summed E-state index contributed by atoms with van der Waals surface area (Å²) in [6.07, 6.45) is 0. The molecule has 1 atom stereocenters. The number of rotatable bonds is 5. The monoisotopic (exact) mass is 412 g/mol. The second-order valence-electron chi connectivity index (χ2n) is 7.81. The highest BCUT2D eigenvalue weighted by Crippen LogP contribution is 2.33. The lowest BCUT2D eigenvalue weighted by Gasteiger charge is -2.33. The highest BCUT2D eigenvalue weighted by molar-refractivity contribution is 6.39. The van der Waals surface area contributed by atoms with Crippen molar-refractivity contribution >= 4 is 17.5 Å². The number of carbonyl (C=O) groups excluding carboxylic acids is 2. The van der Waals surface area contributed by atoms with Crippen LogP contribution in [0.15, 0.2) is 48.5 Å². The molecule has 0 unspecified atom stereocenters. The highest BCUT2D eigenvalue weighted by atomic mass is 16.7. The zero-order chi connectivity index (χ0) is 20.9. The molecule has 158 valence electrons. The Balaban J connectivity index is 1.44. The molecule has 4 N–H and O–H groups in total. The minimum Gasteiger partial charge on any atom is -0.454 e. The van der Waals surface area contributed by atoms with Crippen LogP contribution in [0.5, 0.6) is 11.5 Å². The van der Waals surface area contributed by atoms with Crippen LogP contribution < -0.4 is 29.9 Å². The first-order chi connectivity index (χ1) is 14.6. The highest BCUT2D eigenvalue weighted by Gasteiger charge is 2.31. The van der Waals surface area contributed by atoms with Gasteiger partial charge in [0.05, 0.1) is 13.6 Å². The van der Waals surface area contributed by atoms with E-state index >= 15 is 0 Å². The van der Waals surface area contributed by atoms with Gasteiger partial charge in [-0.2, -0.15) is 0 Å². The maximum Gasteiger partial charge on any atom is 0.313 e. The largest absolute Gasteiger partial charge is 0.454 e. The summed E-state index contributed by atoms with van der Waals surface area (Å²) in [4.78, 5) is 27.6. The van der Waals surface area contributed by atoms with Crippen LogP contribution in [0.2, 0.25) is 0 Å². The van der Waals surface area contributed by atoms with E-state index in [4.69, 9.17) is 9.47 Å². The van der Waals surface area contributed by atoms with E-state index < -0.39 is 11.8 Å². The minimum absolute atomic E-state index is 0.0288. The number of hydrogen-bond donors (Lipinski definition) is 4. The topological polar surface area (TPSA) is 85.5 Å². The van der Waals surface area contributed by atoms with E-state index in [1.807, 2.05) is 36.4 Å². The SMILES string of the molecule is C[NH+]1CC[NH+]([C@H](CNC(=O)C(=O)Nc2ccccc2)c2ccc3c(c2)OCO3)CC1. The summed E-state index contributed by atoms with van der Waals surface area (Å²) in [6.45, 7) is 4.73. The van der Waals surface area contributed by atoms with Crippen LogP contribution in [-0.4, -0.2) is 58.4 Å². The van der Waals surface area contributed by atoms with Crippen molar-refractivity contribution < 1.29 is 28.9 Å². The molecule has 2 aromatic carbocycles. The molecular formula is C22H28N4O4+2. The van der Waals surface area contributed by atoms with E-state index in [0.717, 1.165) is 43.2 Å². The van der Waals surface area contributed by atoms with E-state index in [0.29, 0.717) is 12.2 Å². The van der Waals surface area contributed by atoms with Crippen molar-refractivity contribution in [3.8, 4) is 11.5 Å². The Morgan fingerprint density at radius 1 is 0.967 bits per heavy atom. The number of nitrogens with one attached hydrogen (secondary N) is 4. The molecule has 0 radical (unpaired) electrons. The van der Waals surface area contributed by atoms with Crippen LogP contribution in [-0.2, 0) is 9.59 Å². The van der Waals surface area contributed by atoms with Gasteiger partial charge >= 0.3 is 11.8 Å². The summed E-state index contributed by atoms with van der Waals surface area (Å²) in [6, 6.07) is 14.9. The smallest absolute Gasteiger partial charge is 0.313 e. The summed E-state index contributed by atoms with van der Waals surface area (Å²) in [5.41, 5.74) is 1.66. The van der Waals surface area contributed by atoms with E-state index in [1.165, 1.54) is 9.80 Å². The average molecular weight is 412 g/mol. The Labute approximate surface area is 175 Å². The van der Waals surface area contributed by atoms with Gasteiger partial charge in [0, 0.05) is 11.3 Å². The third-order valence-electron chi connectivity index (χ3n) is 5.74. The Bertz CT molecular complexity index is 897. The predicted molar refractivity (Wildman–Crippen MR) is 111 cm³/mol. The third-order valence-corrected chi connectivity index (χ3v) is 5.74. The molecule has 4 rings (SSSR count). The molecule has 2 aromatic rings. The van der Waals surface area contributed by atoms with E-state index in [-0.39, 0.29) is 12.8 Å². The fraction of sp³-hybridized carbons (Fsp3) is 0.364. The molecular weight excluding hydrogens is 384 g/mol. The Hall–Kier alpha value is -3.10. The Morgan fingerprint density at radius 3 is 2.47 bits per heavy atom. The number of quaternary nitrogens is 2. The molecule has 8 nitrogen and oxygen atoms in total. The number of ether oxygens (including phenoxy) is 2. The van der Waals surface area contributed by atoms with Gasteiger partial charge in [0.1, 0.15) is 32.2 Å². The summed E-state index contributed by atoms with van der Waals surface area (Å²) in [7, 11) is 2.20. The van der Waals surface area contributed by atoms with Crippen LogP contribution in [0.3, 0.4) is 0 Å². The van der Waals surface area contributed by atoms with Gasteiger partial charge in [-0.05, 0) is 30.3 Å². The molecule has 1 saturated heterocycles. The fourth-order valence-corrected chi connectivity index (χ4v) is 3.96. The lowest BCUT2D eigenvalue weighted by molar-refractivity contribution is -1.02. The van der Waals surface area contributed by atoms with Crippen molar-refractivity contribution in [2.75, 3.05) is 51.9 Å². The molecule has 8 heteroatoms. The number of likely N-dealkylation sites (N-methyl/N-ethyl adjacent to an activating group) is 1. The van der Waals surface area contributed by atoms with Gasteiger partial charge in [-0.25, -0.2) is 0 Å². The molecule has 2 heterocycles. The molecule has 0 bridgehead atoms. The number of carbonyl (C=O) groups is 2. The quantitative estimate of drug-likeness (QED) is 0.457. The van der Waals surface area contributed by atoms with Crippen LogP contribution in [0.4, 0.5) is 5.69 Å². The van der Waals surface area contributed by atoms with Crippen LogP contribution in [0.1, 0.15) is 11.6 Å². The Kier molecular flexibility index (Phi) is 6.15. The number of amides is 2. The number of piperazine rings is 1. The van der Waals surface area contributed by atoms with Crippen molar-refractivity contribution in [2.45, 2.75) is 6.04 Å². The first-order valence-corrected chi connectivity index (χ1v) is 10.3. The van der Waals surface area contributed by atoms with Gasteiger partial charge in [-0.1, -0.05) is 18.2 Å². The summed E-state index contributed by atoms with van der Waals surface area (Å²) >= 11 is 0. The Morgan fingerprint density at radius 2 is 1.70 bits per heavy atom. The summed E-state index contributed by atoms with van der Waals surface area (Å²) < 4.78 is 11.0. The van der Waals surface area contributed by atoms with Crippen molar-refractivity contribution in [3.05, 3.63) is 54.1 Å². The normalized spacial score (nSPS) is 21.0. The van der Waals surface area contributed by atoms with Gasteiger partial charge < -0.3 is 29.9 Å². The fourth-order valence-electron chi connectivity index (χ4n) is 3.96. The molecule has 2 amide bonds. The molecule has 0 aliphatic carbocycles. The number of fused-ring (bicyclic) bond motifs is 1. The zero-order valence-corrected chi connectivity index (χ0v) is 17.1. The second-order valence-corrected chi connectivity index (χ2v) is 7.81. The van der Waals surface area contributed by atoms with Gasteiger partial charge in [-0.15, -0.1) is 0 Å². The predicted octanol–water partition coefficient (Wildman–Crippen LogP) is -1.38. The number of hydrogen-bond acceptors (Lipinski definition) is 4. The first-order valence-electron chi connectivity index (χ1n) is 10.3. The van der Waals surface area contributed by atoms with Crippen LogP contribution in [0.25, 0.3) is 0 Å². The third kappa shape index (κ3) is 4.72. The maximum atomic E-state index is 12.4. The second kappa shape index (κ2) is 9.15. The maximum absolute atomic E-state index is 12.4. The van der Waals surface area contributed by atoms with Crippen molar-refractivity contribution in [3.63, 3.8) is 0 Å². The standard InChI is InChI=1S/C22H26N4O4/c1-25-9-11-26(12-10-25)18(16-7-8-19-20(13-16)30-15-29-19)14-23-21(27)22(28)24-17-5-3-2-4-6-17/h2-8,13,18H,9-12,14-15H2,1H3,(H,23,27)(H,24,28)/p+2/t18-/m1/s1. The summed E-state index contributed by atoms with van der Waals surface area (Å²) in [5, 5.41) is 5.45. The molecule has 2 aliphatic heterocycles. The zero-order valence-electron chi connectivity index (χ0n) is 17.1.